The topological polar surface area (TPSA) is 77.3 Å². The lowest BCUT2D eigenvalue weighted by Crippen LogP contribution is -2.06. The molecule has 0 bridgehead atoms. The molecule has 6 aromatic rings. The second-order valence-corrected chi connectivity index (χ2v) is 11.1. The summed E-state index contributed by atoms with van der Waals surface area (Å²) in [6.45, 7) is 8.32. The molecule has 0 aliphatic heterocycles. The van der Waals surface area contributed by atoms with E-state index < -0.39 is 0 Å². The molecule has 6 rings (SSSR count). The van der Waals surface area contributed by atoms with Gasteiger partial charge in [0.25, 0.3) is 0 Å². The first-order chi connectivity index (χ1) is 20.9. The Bertz CT molecular complexity index is 1580. The van der Waals surface area contributed by atoms with Gasteiger partial charge < -0.3 is 0 Å². The molecular formula is C37H34N6. The van der Waals surface area contributed by atoms with E-state index in [0.717, 1.165) is 40.3 Å². The van der Waals surface area contributed by atoms with Crippen LogP contribution < -0.4 is 0 Å². The predicted molar refractivity (Wildman–Crippen MR) is 172 cm³/mol. The molecule has 2 heterocycles. The van der Waals surface area contributed by atoms with Gasteiger partial charge in [-0.25, -0.2) is 29.9 Å². The molecule has 2 aromatic heterocycles. The van der Waals surface area contributed by atoms with E-state index in [-0.39, 0.29) is 0 Å². The molecule has 0 aliphatic rings. The van der Waals surface area contributed by atoms with E-state index in [2.05, 4.69) is 125 Å². The van der Waals surface area contributed by atoms with Gasteiger partial charge in [0, 0.05) is 35.1 Å². The van der Waals surface area contributed by atoms with Crippen LogP contribution >= 0.6 is 0 Å². The highest BCUT2D eigenvalue weighted by atomic mass is 15.0. The van der Waals surface area contributed by atoms with Gasteiger partial charge in [-0.3, -0.25) is 0 Å². The summed E-state index contributed by atoms with van der Waals surface area (Å²) in [5.74, 6) is 4.25. The summed E-state index contributed by atoms with van der Waals surface area (Å²) in [6, 6.07) is 33.2. The van der Waals surface area contributed by atoms with Gasteiger partial charge in [-0.05, 0) is 34.1 Å². The minimum atomic E-state index is 0.672. The fourth-order valence-corrected chi connectivity index (χ4v) is 4.79. The van der Waals surface area contributed by atoms with E-state index in [4.69, 9.17) is 29.9 Å². The number of hydrogen-bond acceptors (Lipinski definition) is 6. The Morgan fingerprint density at radius 1 is 0.326 bits per heavy atom. The highest BCUT2D eigenvalue weighted by Gasteiger charge is 2.14. The number of rotatable bonds is 8. The molecule has 4 aromatic carbocycles. The molecule has 6 nitrogen and oxygen atoms in total. The molecule has 0 spiro atoms. The molecule has 6 heteroatoms. The fraction of sp³-hybridized carbons (Fsp3) is 0.189. The monoisotopic (exact) mass is 562 g/mol. The van der Waals surface area contributed by atoms with Crippen LogP contribution in [0.25, 0.3) is 45.6 Å². The zero-order valence-corrected chi connectivity index (χ0v) is 25.0. The van der Waals surface area contributed by atoms with Crippen molar-refractivity contribution in [2.24, 2.45) is 0 Å². The van der Waals surface area contributed by atoms with Crippen molar-refractivity contribution in [3.63, 3.8) is 0 Å². The first-order valence-corrected chi connectivity index (χ1v) is 14.7. The van der Waals surface area contributed by atoms with Crippen molar-refractivity contribution in [2.75, 3.05) is 0 Å². The van der Waals surface area contributed by atoms with E-state index in [1.807, 2.05) is 0 Å². The van der Waals surface area contributed by atoms with Crippen LogP contribution in [0.3, 0.4) is 0 Å². The summed E-state index contributed by atoms with van der Waals surface area (Å²) in [6.07, 6.45) is 2.13. The first-order valence-electron chi connectivity index (χ1n) is 14.7. The fourth-order valence-electron chi connectivity index (χ4n) is 4.79. The molecular weight excluding hydrogens is 528 g/mol. The zero-order chi connectivity index (χ0) is 29.8. The van der Waals surface area contributed by atoms with E-state index in [9.17, 15) is 0 Å². The number of aryl methyl sites for hydroxylation is 6. The van der Waals surface area contributed by atoms with Gasteiger partial charge in [-0.1, -0.05) is 119 Å². The third-order valence-corrected chi connectivity index (χ3v) is 7.40. The summed E-state index contributed by atoms with van der Waals surface area (Å²) >= 11 is 0. The molecule has 0 aliphatic carbocycles. The third kappa shape index (κ3) is 6.87. The quantitative estimate of drug-likeness (QED) is 0.186. The number of benzene rings is 4. The molecule has 0 unspecified atom stereocenters. The van der Waals surface area contributed by atoms with Crippen molar-refractivity contribution in [3.8, 4) is 45.6 Å². The second-order valence-electron chi connectivity index (χ2n) is 11.1. The van der Waals surface area contributed by atoms with Gasteiger partial charge in [-0.2, -0.15) is 0 Å². The van der Waals surface area contributed by atoms with Crippen LogP contribution in [0.2, 0.25) is 0 Å². The smallest absolute Gasteiger partial charge is 0.163 e. The van der Waals surface area contributed by atoms with Crippen molar-refractivity contribution >= 4 is 0 Å². The predicted octanol–water partition coefficient (Wildman–Crippen LogP) is 8.13. The molecule has 0 radical (unpaired) electrons. The summed E-state index contributed by atoms with van der Waals surface area (Å²) in [7, 11) is 0. The Morgan fingerprint density at radius 3 is 0.791 bits per heavy atom. The van der Waals surface area contributed by atoms with Crippen LogP contribution in [0.1, 0.15) is 40.3 Å². The normalized spacial score (nSPS) is 11.1. The summed E-state index contributed by atoms with van der Waals surface area (Å²) < 4.78 is 0. The van der Waals surface area contributed by atoms with Crippen LogP contribution in [0.15, 0.2) is 97.1 Å². The van der Waals surface area contributed by atoms with Crippen molar-refractivity contribution < 1.29 is 0 Å². The molecule has 0 saturated heterocycles. The van der Waals surface area contributed by atoms with Gasteiger partial charge in [-0.15, -0.1) is 0 Å². The van der Waals surface area contributed by atoms with Gasteiger partial charge in [0.1, 0.15) is 11.6 Å². The Morgan fingerprint density at radius 2 is 0.558 bits per heavy atom. The standard InChI is InChI=1S/C37H34N6/c1-24-8-16-28(17-9-24)34-38-32(39-35(42-34)29-18-10-25(2)11-19-29)6-5-7-33-40-36(30-20-12-26(3)13-21-30)43-37(41-33)31-22-14-27(4)15-23-31/h8-23H,5-7H2,1-4H3. The Hall–Kier alpha value is -5.10. The summed E-state index contributed by atoms with van der Waals surface area (Å²) in [5.41, 5.74) is 8.70. The van der Waals surface area contributed by atoms with Crippen LogP contribution in [0, 0.1) is 27.7 Å². The Labute approximate surface area is 253 Å². The zero-order valence-electron chi connectivity index (χ0n) is 25.0. The minimum Gasteiger partial charge on any atom is -0.213 e. The van der Waals surface area contributed by atoms with E-state index >= 15 is 0 Å². The minimum absolute atomic E-state index is 0.672. The summed E-state index contributed by atoms with van der Waals surface area (Å²) in [4.78, 5) is 29.2. The lowest BCUT2D eigenvalue weighted by atomic mass is 10.1. The van der Waals surface area contributed by atoms with Crippen LogP contribution in [0.5, 0.6) is 0 Å². The molecule has 43 heavy (non-hydrogen) atoms. The molecule has 0 saturated carbocycles. The van der Waals surface area contributed by atoms with Crippen molar-refractivity contribution in [2.45, 2.75) is 47.0 Å². The van der Waals surface area contributed by atoms with Crippen LogP contribution in [-0.2, 0) is 12.8 Å². The van der Waals surface area contributed by atoms with Crippen molar-refractivity contribution in [3.05, 3.63) is 131 Å². The molecule has 212 valence electrons. The van der Waals surface area contributed by atoms with Crippen LogP contribution in [-0.4, -0.2) is 29.9 Å². The number of aromatic nitrogens is 6. The van der Waals surface area contributed by atoms with Gasteiger partial charge in [0.15, 0.2) is 23.3 Å². The maximum Gasteiger partial charge on any atom is 0.163 e. The maximum absolute atomic E-state index is 4.88. The number of nitrogens with zero attached hydrogens (tertiary/aromatic N) is 6. The lowest BCUT2D eigenvalue weighted by Gasteiger charge is -2.10. The third-order valence-electron chi connectivity index (χ3n) is 7.40. The van der Waals surface area contributed by atoms with Gasteiger partial charge in [0.05, 0.1) is 0 Å². The van der Waals surface area contributed by atoms with Crippen molar-refractivity contribution in [1.82, 2.24) is 29.9 Å². The molecule has 0 N–H and O–H groups in total. The Kier molecular flexibility index (Phi) is 8.09. The number of hydrogen-bond donors (Lipinski definition) is 0. The largest absolute Gasteiger partial charge is 0.213 e. The molecule has 0 fully saturated rings. The first kappa shape index (κ1) is 28.0. The average molecular weight is 563 g/mol. The second kappa shape index (κ2) is 12.4. The average Bonchev–Trinajstić information content (AvgIpc) is 3.02. The SMILES string of the molecule is Cc1ccc(-c2nc(CCCc3nc(-c4ccc(C)cc4)nc(-c4ccc(C)cc4)n3)nc(-c3ccc(C)cc3)n2)cc1. The van der Waals surface area contributed by atoms with E-state index in [0.29, 0.717) is 36.1 Å². The maximum atomic E-state index is 4.88. The Balaban J connectivity index is 1.30. The molecule has 0 atom stereocenters. The van der Waals surface area contributed by atoms with Crippen molar-refractivity contribution in [1.29, 1.82) is 0 Å². The highest BCUT2D eigenvalue weighted by molar-refractivity contribution is 5.62. The molecule has 0 amide bonds. The summed E-state index contributed by atoms with van der Waals surface area (Å²) in [5, 5.41) is 0. The van der Waals surface area contributed by atoms with Crippen LogP contribution in [0.4, 0.5) is 0 Å². The lowest BCUT2D eigenvalue weighted by molar-refractivity contribution is 0.731. The highest BCUT2D eigenvalue weighted by Crippen LogP contribution is 2.24. The van der Waals surface area contributed by atoms with E-state index in [1.165, 1.54) is 22.3 Å². The van der Waals surface area contributed by atoms with Gasteiger partial charge >= 0.3 is 0 Å². The van der Waals surface area contributed by atoms with Gasteiger partial charge in [0.2, 0.25) is 0 Å². The van der Waals surface area contributed by atoms with E-state index in [1.54, 1.807) is 0 Å².